The summed E-state index contributed by atoms with van der Waals surface area (Å²) in [6, 6.07) is 10.4. The van der Waals surface area contributed by atoms with E-state index in [9.17, 15) is 9.59 Å². The van der Waals surface area contributed by atoms with Crippen molar-refractivity contribution in [3.63, 3.8) is 0 Å². The van der Waals surface area contributed by atoms with Gasteiger partial charge in [-0.05, 0) is 59.6 Å². The van der Waals surface area contributed by atoms with E-state index < -0.39 is 5.97 Å². The molecule has 0 bridgehead atoms. The van der Waals surface area contributed by atoms with Gasteiger partial charge in [0.25, 0.3) is 0 Å². The molecule has 0 saturated heterocycles. The van der Waals surface area contributed by atoms with E-state index in [-0.39, 0.29) is 24.5 Å². The number of hydrogen-bond donors (Lipinski definition) is 1. The van der Waals surface area contributed by atoms with E-state index in [1.54, 1.807) is 13.0 Å². The summed E-state index contributed by atoms with van der Waals surface area (Å²) >= 11 is 9.35. The quantitative estimate of drug-likeness (QED) is 0.625. The summed E-state index contributed by atoms with van der Waals surface area (Å²) in [5.41, 5.74) is 1.36. The Morgan fingerprint density at radius 3 is 2.42 bits per heavy atom. The van der Waals surface area contributed by atoms with Crippen molar-refractivity contribution in [2.75, 3.05) is 18.5 Å². The fraction of sp³-hybridized carbons (Fsp3) is 0.263. The van der Waals surface area contributed by atoms with Gasteiger partial charge in [0.05, 0.1) is 30.9 Å². The number of nitrogens with one attached hydrogen (secondary N) is 1. The summed E-state index contributed by atoms with van der Waals surface area (Å²) in [6.45, 7) is 4.43. The zero-order valence-electron chi connectivity index (χ0n) is 14.5. The molecule has 0 unspecified atom stereocenters. The van der Waals surface area contributed by atoms with Crippen molar-refractivity contribution >= 4 is 45.1 Å². The highest BCUT2D eigenvalue weighted by Crippen LogP contribution is 2.31. The van der Waals surface area contributed by atoms with E-state index in [2.05, 4.69) is 21.2 Å². The van der Waals surface area contributed by atoms with Crippen molar-refractivity contribution in [3.05, 3.63) is 57.0 Å². The van der Waals surface area contributed by atoms with Crippen LogP contribution in [0.15, 0.2) is 40.9 Å². The second-order valence-electron chi connectivity index (χ2n) is 5.33. The first kappa shape index (κ1) is 20.3. The highest BCUT2D eigenvalue weighted by Gasteiger charge is 2.19. The van der Waals surface area contributed by atoms with E-state index in [1.807, 2.05) is 31.2 Å². The van der Waals surface area contributed by atoms with Crippen LogP contribution in [-0.4, -0.2) is 25.1 Å². The molecule has 2 aromatic carbocycles. The Labute approximate surface area is 165 Å². The Balaban J connectivity index is 2.16. The monoisotopic (exact) mass is 439 g/mol. The number of esters is 1. The molecule has 2 aromatic rings. The summed E-state index contributed by atoms with van der Waals surface area (Å²) in [7, 11) is 0. The Bertz CT molecular complexity index is 793. The van der Waals surface area contributed by atoms with Crippen molar-refractivity contribution in [2.45, 2.75) is 20.3 Å². The number of halogens is 2. The van der Waals surface area contributed by atoms with Crippen LogP contribution in [0.25, 0.3) is 0 Å². The van der Waals surface area contributed by atoms with E-state index >= 15 is 0 Å². The highest BCUT2D eigenvalue weighted by molar-refractivity contribution is 9.10. The maximum Gasteiger partial charge on any atom is 0.340 e. The summed E-state index contributed by atoms with van der Waals surface area (Å²) in [5, 5.41) is 3.12. The molecule has 0 aliphatic rings. The van der Waals surface area contributed by atoms with Crippen molar-refractivity contribution in [3.8, 4) is 5.75 Å². The topological polar surface area (TPSA) is 64.6 Å². The molecule has 5 nitrogen and oxygen atoms in total. The molecule has 7 heteroatoms. The van der Waals surface area contributed by atoms with Gasteiger partial charge in [-0.15, -0.1) is 0 Å². The smallest absolute Gasteiger partial charge is 0.340 e. The van der Waals surface area contributed by atoms with Gasteiger partial charge in [0, 0.05) is 9.50 Å². The standard InChI is InChI=1S/C19H19BrClNO4/c1-3-25-14-7-5-12(6-8-14)9-17(23)22-18-15(19(24)26-4-2)10-13(21)11-16(18)20/h5-8,10-11H,3-4,9H2,1-2H3,(H,22,23). The first-order valence-electron chi connectivity index (χ1n) is 8.12. The van der Waals surface area contributed by atoms with Crippen LogP contribution in [0.3, 0.4) is 0 Å². The summed E-state index contributed by atoms with van der Waals surface area (Å²) in [4.78, 5) is 24.6. The van der Waals surface area contributed by atoms with Crippen molar-refractivity contribution in [2.24, 2.45) is 0 Å². The van der Waals surface area contributed by atoms with Gasteiger partial charge in [0.1, 0.15) is 5.75 Å². The largest absolute Gasteiger partial charge is 0.494 e. The molecule has 0 heterocycles. The Kier molecular flexibility index (Phi) is 7.48. The number of carbonyl (C=O) groups is 2. The molecule has 1 N–H and O–H groups in total. The molecule has 1 amide bonds. The Hall–Kier alpha value is -2.05. The van der Waals surface area contributed by atoms with Crippen LogP contribution in [0.4, 0.5) is 5.69 Å². The van der Waals surface area contributed by atoms with Crippen LogP contribution in [0.2, 0.25) is 5.02 Å². The second-order valence-corrected chi connectivity index (χ2v) is 6.62. The minimum atomic E-state index is -0.549. The number of anilines is 1. The Morgan fingerprint density at radius 1 is 1.12 bits per heavy atom. The number of benzene rings is 2. The van der Waals surface area contributed by atoms with Gasteiger partial charge < -0.3 is 14.8 Å². The average molecular weight is 441 g/mol. The molecule has 0 fully saturated rings. The summed E-state index contributed by atoms with van der Waals surface area (Å²) < 4.78 is 10.9. The van der Waals surface area contributed by atoms with Gasteiger partial charge in [0.2, 0.25) is 5.91 Å². The fourth-order valence-corrected chi connectivity index (χ4v) is 3.22. The summed E-state index contributed by atoms with van der Waals surface area (Å²) in [5.74, 6) is -0.0588. The van der Waals surface area contributed by atoms with E-state index in [1.165, 1.54) is 6.07 Å². The molecule has 138 valence electrons. The Morgan fingerprint density at radius 2 is 1.81 bits per heavy atom. The lowest BCUT2D eigenvalue weighted by molar-refractivity contribution is -0.115. The second kappa shape index (κ2) is 9.59. The minimum absolute atomic E-state index is 0.156. The van der Waals surface area contributed by atoms with Crippen molar-refractivity contribution in [1.82, 2.24) is 0 Å². The molecule has 0 radical (unpaired) electrons. The van der Waals surface area contributed by atoms with Gasteiger partial charge >= 0.3 is 5.97 Å². The molecule has 2 rings (SSSR count). The molecule has 26 heavy (non-hydrogen) atoms. The van der Waals surface area contributed by atoms with Gasteiger partial charge in [-0.1, -0.05) is 23.7 Å². The molecule has 0 spiro atoms. The third-order valence-corrected chi connectivity index (χ3v) is 4.26. The molecule has 0 atom stereocenters. The number of rotatable bonds is 7. The van der Waals surface area contributed by atoms with Crippen LogP contribution in [0.5, 0.6) is 5.75 Å². The first-order valence-corrected chi connectivity index (χ1v) is 9.29. The van der Waals surface area contributed by atoms with Crippen LogP contribution in [-0.2, 0) is 16.0 Å². The molecule has 0 aliphatic carbocycles. The maximum atomic E-state index is 12.4. The van der Waals surface area contributed by atoms with Crippen LogP contribution in [0.1, 0.15) is 29.8 Å². The van der Waals surface area contributed by atoms with E-state index in [0.29, 0.717) is 21.8 Å². The third-order valence-electron chi connectivity index (χ3n) is 3.41. The summed E-state index contributed by atoms with van der Waals surface area (Å²) in [6.07, 6.45) is 0.156. The van der Waals surface area contributed by atoms with Crippen molar-refractivity contribution < 1.29 is 19.1 Å². The lowest BCUT2D eigenvalue weighted by atomic mass is 10.1. The minimum Gasteiger partial charge on any atom is -0.494 e. The average Bonchev–Trinajstić information content (AvgIpc) is 2.59. The number of amides is 1. The SMILES string of the molecule is CCOC(=O)c1cc(Cl)cc(Br)c1NC(=O)Cc1ccc(OCC)cc1. The lowest BCUT2D eigenvalue weighted by Crippen LogP contribution is -2.18. The fourth-order valence-electron chi connectivity index (χ4n) is 2.31. The molecule has 0 saturated carbocycles. The van der Waals surface area contributed by atoms with Crippen molar-refractivity contribution in [1.29, 1.82) is 0 Å². The van der Waals surface area contributed by atoms with Crippen LogP contribution < -0.4 is 10.1 Å². The third kappa shape index (κ3) is 5.47. The van der Waals surface area contributed by atoms with Gasteiger partial charge in [0.15, 0.2) is 0 Å². The molecule has 0 aromatic heterocycles. The zero-order valence-corrected chi connectivity index (χ0v) is 16.8. The first-order chi connectivity index (χ1) is 12.4. The zero-order chi connectivity index (χ0) is 19.1. The lowest BCUT2D eigenvalue weighted by Gasteiger charge is -2.13. The predicted molar refractivity (Wildman–Crippen MR) is 105 cm³/mol. The molecule has 0 aliphatic heterocycles. The highest BCUT2D eigenvalue weighted by atomic mass is 79.9. The molecular weight excluding hydrogens is 422 g/mol. The van der Waals surface area contributed by atoms with E-state index in [4.69, 9.17) is 21.1 Å². The van der Waals surface area contributed by atoms with Gasteiger partial charge in [-0.3, -0.25) is 4.79 Å². The maximum absolute atomic E-state index is 12.4. The van der Waals surface area contributed by atoms with Crippen LogP contribution in [0, 0.1) is 0 Å². The number of carbonyl (C=O) groups excluding carboxylic acids is 2. The number of hydrogen-bond acceptors (Lipinski definition) is 4. The predicted octanol–water partition coefficient (Wildman–Crippen LogP) is 4.86. The van der Waals surface area contributed by atoms with Crippen LogP contribution >= 0.6 is 27.5 Å². The number of ether oxygens (including phenoxy) is 2. The van der Waals surface area contributed by atoms with E-state index in [0.717, 1.165) is 11.3 Å². The normalized spacial score (nSPS) is 10.3. The van der Waals surface area contributed by atoms with Gasteiger partial charge in [-0.2, -0.15) is 0 Å². The van der Waals surface area contributed by atoms with Gasteiger partial charge in [-0.25, -0.2) is 4.79 Å². The molecular formula is C19H19BrClNO4.